The van der Waals surface area contributed by atoms with Gasteiger partial charge in [-0.2, -0.15) is 0 Å². The van der Waals surface area contributed by atoms with Crippen molar-refractivity contribution >= 4 is 0 Å². The average molecular weight is 226 g/mol. The van der Waals surface area contributed by atoms with Gasteiger partial charge < -0.3 is 0 Å². The highest BCUT2D eigenvalue weighted by molar-refractivity contribution is 4.91. The number of rotatable bonds is 6. The van der Waals surface area contributed by atoms with Crippen molar-refractivity contribution in [2.24, 2.45) is 28.6 Å². The van der Waals surface area contributed by atoms with Crippen molar-refractivity contribution < 1.29 is 0 Å². The van der Waals surface area contributed by atoms with Gasteiger partial charge in [0, 0.05) is 0 Å². The summed E-state index contributed by atoms with van der Waals surface area (Å²) in [7, 11) is 0. The summed E-state index contributed by atoms with van der Waals surface area (Å²) in [5.41, 5.74) is 0.830. The maximum absolute atomic E-state index is 2.46. The lowest BCUT2D eigenvalue weighted by molar-refractivity contribution is 0.00434. The molecule has 0 bridgehead atoms. The average Bonchev–Trinajstić information content (AvgIpc) is 2.13. The maximum atomic E-state index is 2.46. The van der Waals surface area contributed by atoms with E-state index in [1.807, 2.05) is 0 Å². The molecule has 98 valence electrons. The smallest absolute Gasteiger partial charge is 0.0275 e. The third-order valence-electron chi connectivity index (χ3n) is 5.30. The first kappa shape index (κ1) is 16.0. The van der Waals surface area contributed by atoms with Crippen LogP contribution in [0.3, 0.4) is 0 Å². The standard InChI is InChI=1S/C16H34/c1-10-13(4)14(5)16(8,9)15(6,7)11-12(2)3/h12-14H,10-11H2,1-9H3. The van der Waals surface area contributed by atoms with Crippen LogP contribution in [0.5, 0.6) is 0 Å². The Morgan fingerprint density at radius 2 is 1.31 bits per heavy atom. The van der Waals surface area contributed by atoms with Crippen molar-refractivity contribution in [2.45, 2.75) is 75.2 Å². The summed E-state index contributed by atoms with van der Waals surface area (Å²) in [6, 6.07) is 0. The molecule has 0 heterocycles. The van der Waals surface area contributed by atoms with Crippen LogP contribution in [0.2, 0.25) is 0 Å². The minimum atomic E-state index is 0.409. The van der Waals surface area contributed by atoms with Gasteiger partial charge in [0.25, 0.3) is 0 Å². The first-order valence-electron chi connectivity index (χ1n) is 7.06. The molecule has 0 N–H and O–H groups in total. The molecule has 2 unspecified atom stereocenters. The molecule has 16 heavy (non-hydrogen) atoms. The van der Waals surface area contributed by atoms with Crippen molar-refractivity contribution in [1.29, 1.82) is 0 Å². The quantitative estimate of drug-likeness (QED) is 0.539. The first-order chi connectivity index (χ1) is 7.06. The molecule has 0 nitrogen and oxygen atoms in total. The van der Waals surface area contributed by atoms with Gasteiger partial charge in [-0.15, -0.1) is 0 Å². The van der Waals surface area contributed by atoms with Crippen LogP contribution in [-0.2, 0) is 0 Å². The maximum Gasteiger partial charge on any atom is -0.0275 e. The first-order valence-corrected chi connectivity index (χ1v) is 7.06. The van der Waals surface area contributed by atoms with Crippen LogP contribution < -0.4 is 0 Å². The van der Waals surface area contributed by atoms with E-state index in [0.29, 0.717) is 10.8 Å². The van der Waals surface area contributed by atoms with Crippen LogP contribution >= 0.6 is 0 Å². The highest BCUT2D eigenvalue weighted by atomic mass is 14.5. The molecule has 2 atom stereocenters. The summed E-state index contributed by atoms with van der Waals surface area (Å²) in [6.07, 6.45) is 2.61. The molecular weight excluding hydrogens is 192 g/mol. The topological polar surface area (TPSA) is 0 Å². The lowest BCUT2D eigenvalue weighted by Gasteiger charge is -2.49. The van der Waals surface area contributed by atoms with E-state index in [0.717, 1.165) is 17.8 Å². The summed E-state index contributed by atoms with van der Waals surface area (Å²) >= 11 is 0. The highest BCUT2D eigenvalue weighted by Gasteiger charge is 2.42. The van der Waals surface area contributed by atoms with E-state index in [-0.39, 0.29) is 0 Å². The van der Waals surface area contributed by atoms with Crippen LogP contribution in [0.4, 0.5) is 0 Å². The largest absolute Gasteiger partial charge is 0.0651 e. The van der Waals surface area contributed by atoms with Crippen LogP contribution in [0.15, 0.2) is 0 Å². The molecule has 0 aromatic rings. The summed E-state index contributed by atoms with van der Waals surface area (Å²) in [5, 5.41) is 0. The van der Waals surface area contributed by atoms with Crippen LogP contribution in [-0.4, -0.2) is 0 Å². The lowest BCUT2D eigenvalue weighted by atomic mass is 9.56. The number of hydrogen-bond acceptors (Lipinski definition) is 0. The van der Waals surface area contributed by atoms with E-state index in [9.17, 15) is 0 Å². The Morgan fingerprint density at radius 3 is 1.62 bits per heavy atom. The Kier molecular flexibility index (Phi) is 5.56. The lowest BCUT2D eigenvalue weighted by Crippen LogP contribution is -2.41. The van der Waals surface area contributed by atoms with Gasteiger partial charge in [-0.3, -0.25) is 0 Å². The second-order valence-electron chi connectivity index (χ2n) is 7.38. The predicted octanol–water partition coefficient (Wildman–Crippen LogP) is 5.77. The van der Waals surface area contributed by atoms with E-state index < -0.39 is 0 Å². The fraction of sp³-hybridized carbons (Fsp3) is 1.00. The summed E-state index contributed by atoms with van der Waals surface area (Å²) in [6.45, 7) is 21.7. The monoisotopic (exact) mass is 226 g/mol. The third kappa shape index (κ3) is 3.50. The van der Waals surface area contributed by atoms with Gasteiger partial charge in [0.05, 0.1) is 0 Å². The van der Waals surface area contributed by atoms with Crippen LogP contribution in [0.1, 0.15) is 75.2 Å². The molecule has 0 aliphatic rings. The van der Waals surface area contributed by atoms with Crippen molar-refractivity contribution in [3.05, 3.63) is 0 Å². The molecule has 0 aliphatic carbocycles. The fourth-order valence-electron chi connectivity index (χ4n) is 2.96. The summed E-state index contributed by atoms with van der Waals surface area (Å²) in [4.78, 5) is 0. The third-order valence-corrected chi connectivity index (χ3v) is 5.30. The summed E-state index contributed by atoms with van der Waals surface area (Å²) < 4.78 is 0. The molecule has 0 aliphatic heterocycles. The Morgan fingerprint density at radius 1 is 0.875 bits per heavy atom. The second kappa shape index (κ2) is 5.56. The zero-order valence-electron chi connectivity index (χ0n) is 13.1. The zero-order chi connectivity index (χ0) is 13.1. The number of hydrogen-bond donors (Lipinski definition) is 0. The molecular formula is C16H34. The van der Waals surface area contributed by atoms with Gasteiger partial charge in [-0.05, 0) is 35.0 Å². The Balaban J connectivity index is 4.87. The van der Waals surface area contributed by atoms with Gasteiger partial charge in [-0.1, -0.05) is 68.7 Å². The van der Waals surface area contributed by atoms with Gasteiger partial charge >= 0.3 is 0 Å². The molecule has 0 aromatic carbocycles. The SMILES string of the molecule is CCC(C)C(C)C(C)(C)C(C)(C)CC(C)C. The Hall–Kier alpha value is 0. The molecule has 0 heteroatoms. The van der Waals surface area contributed by atoms with Crippen molar-refractivity contribution in [1.82, 2.24) is 0 Å². The predicted molar refractivity (Wildman–Crippen MR) is 75.6 cm³/mol. The van der Waals surface area contributed by atoms with Gasteiger partial charge in [0.1, 0.15) is 0 Å². The molecule has 0 saturated carbocycles. The normalized spacial score (nSPS) is 17.6. The van der Waals surface area contributed by atoms with E-state index >= 15 is 0 Å². The minimum Gasteiger partial charge on any atom is -0.0651 e. The Labute approximate surface area is 104 Å². The van der Waals surface area contributed by atoms with Crippen molar-refractivity contribution in [2.75, 3.05) is 0 Å². The van der Waals surface area contributed by atoms with E-state index in [4.69, 9.17) is 0 Å². The zero-order valence-corrected chi connectivity index (χ0v) is 13.1. The van der Waals surface area contributed by atoms with E-state index in [1.165, 1.54) is 12.8 Å². The second-order valence-corrected chi connectivity index (χ2v) is 7.38. The molecule has 0 rings (SSSR count). The molecule has 0 saturated heterocycles. The van der Waals surface area contributed by atoms with Gasteiger partial charge in [-0.25, -0.2) is 0 Å². The van der Waals surface area contributed by atoms with Crippen molar-refractivity contribution in [3.63, 3.8) is 0 Å². The molecule has 0 radical (unpaired) electrons. The van der Waals surface area contributed by atoms with E-state index in [1.54, 1.807) is 0 Å². The Bertz CT molecular complexity index is 198. The van der Waals surface area contributed by atoms with Gasteiger partial charge in [0.2, 0.25) is 0 Å². The minimum absolute atomic E-state index is 0.409. The van der Waals surface area contributed by atoms with Crippen LogP contribution in [0.25, 0.3) is 0 Å². The molecule has 0 aromatic heterocycles. The fourth-order valence-corrected chi connectivity index (χ4v) is 2.96. The van der Waals surface area contributed by atoms with Crippen LogP contribution in [0, 0.1) is 28.6 Å². The molecule has 0 fully saturated rings. The van der Waals surface area contributed by atoms with Gasteiger partial charge in [0.15, 0.2) is 0 Å². The molecule has 0 spiro atoms. The molecule has 0 amide bonds. The van der Waals surface area contributed by atoms with Crippen molar-refractivity contribution in [3.8, 4) is 0 Å². The highest BCUT2D eigenvalue weighted by Crippen LogP contribution is 2.50. The van der Waals surface area contributed by atoms with E-state index in [2.05, 4.69) is 62.3 Å². The summed E-state index contributed by atoms with van der Waals surface area (Å²) in [5.74, 6) is 2.39.